The second kappa shape index (κ2) is 3.49. The standard InChI is InChI=1S/C14H10NO/c16-14-12-9-5-4-8-11(12)13(15-14)10-6-2-1-3-7-10/h1-6,8-9,13H,(H,15,16). The van der Waals surface area contributed by atoms with Crippen LogP contribution in [0.15, 0.2) is 48.5 Å². The Labute approximate surface area is 93.9 Å². The van der Waals surface area contributed by atoms with Crippen molar-refractivity contribution >= 4 is 5.91 Å². The van der Waals surface area contributed by atoms with Crippen molar-refractivity contribution in [2.24, 2.45) is 0 Å². The smallest absolute Gasteiger partial charge is 0.252 e. The summed E-state index contributed by atoms with van der Waals surface area (Å²) in [7, 11) is 0. The van der Waals surface area contributed by atoms with E-state index in [0.717, 1.165) is 16.7 Å². The molecule has 1 unspecified atom stereocenters. The van der Waals surface area contributed by atoms with E-state index >= 15 is 0 Å². The molecule has 1 radical (unpaired) electrons. The first-order valence-corrected chi connectivity index (χ1v) is 5.22. The molecule has 0 bridgehead atoms. The molecule has 1 aliphatic rings. The highest BCUT2D eigenvalue weighted by Gasteiger charge is 2.28. The molecule has 0 fully saturated rings. The maximum absolute atomic E-state index is 11.7. The minimum Gasteiger partial charge on any atom is -0.341 e. The Morgan fingerprint density at radius 1 is 1.06 bits per heavy atom. The van der Waals surface area contributed by atoms with Crippen LogP contribution in [-0.2, 0) is 0 Å². The summed E-state index contributed by atoms with van der Waals surface area (Å²) < 4.78 is 0. The van der Waals surface area contributed by atoms with E-state index in [4.69, 9.17) is 0 Å². The van der Waals surface area contributed by atoms with Crippen LogP contribution in [0.2, 0.25) is 0 Å². The van der Waals surface area contributed by atoms with Crippen LogP contribution in [0, 0.1) is 6.07 Å². The quantitative estimate of drug-likeness (QED) is 0.765. The summed E-state index contributed by atoms with van der Waals surface area (Å²) in [5.41, 5.74) is 2.81. The maximum atomic E-state index is 11.7. The van der Waals surface area contributed by atoms with E-state index in [1.54, 1.807) is 0 Å². The van der Waals surface area contributed by atoms with Gasteiger partial charge in [-0.3, -0.25) is 4.79 Å². The number of hydrogen-bond acceptors (Lipinski definition) is 1. The van der Waals surface area contributed by atoms with Crippen LogP contribution in [0.5, 0.6) is 0 Å². The zero-order valence-electron chi connectivity index (χ0n) is 8.60. The third kappa shape index (κ3) is 1.31. The first-order valence-electron chi connectivity index (χ1n) is 5.22. The Kier molecular flexibility index (Phi) is 2.00. The van der Waals surface area contributed by atoms with Crippen molar-refractivity contribution in [2.75, 3.05) is 0 Å². The number of amides is 1. The summed E-state index contributed by atoms with van der Waals surface area (Å²) in [5, 5.41) is 2.97. The predicted molar refractivity (Wildman–Crippen MR) is 61.0 cm³/mol. The molecule has 77 valence electrons. The Morgan fingerprint density at radius 2 is 1.88 bits per heavy atom. The normalized spacial score (nSPS) is 18.0. The van der Waals surface area contributed by atoms with Gasteiger partial charge in [0.05, 0.1) is 6.04 Å². The van der Waals surface area contributed by atoms with Crippen LogP contribution in [0.25, 0.3) is 0 Å². The highest BCUT2D eigenvalue weighted by molar-refractivity contribution is 5.99. The van der Waals surface area contributed by atoms with Gasteiger partial charge in [0.1, 0.15) is 0 Å². The van der Waals surface area contributed by atoms with E-state index in [2.05, 4.69) is 11.4 Å². The second-order valence-corrected chi connectivity index (χ2v) is 3.81. The van der Waals surface area contributed by atoms with Gasteiger partial charge in [0.2, 0.25) is 0 Å². The highest BCUT2D eigenvalue weighted by Crippen LogP contribution is 2.29. The van der Waals surface area contributed by atoms with Crippen LogP contribution in [-0.4, -0.2) is 5.91 Å². The molecule has 2 nitrogen and oxygen atoms in total. The molecule has 1 N–H and O–H groups in total. The van der Waals surface area contributed by atoms with Gasteiger partial charge in [0.15, 0.2) is 0 Å². The number of fused-ring (bicyclic) bond motifs is 1. The minimum absolute atomic E-state index is 0.00199. The van der Waals surface area contributed by atoms with Gasteiger partial charge < -0.3 is 5.32 Å². The van der Waals surface area contributed by atoms with Gasteiger partial charge in [-0.15, -0.1) is 0 Å². The van der Waals surface area contributed by atoms with E-state index < -0.39 is 0 Å². The molecule has 3 rings (SSSR count). The molecule has 0 aliphatic carbocycles. The first-order chi connectivity index (χ1) is 7.86. The third-order valence-electron chi connectivity index (χ3n) is 2.84. The molecule has 1 heterocycles. The molecule has 0 aromatic heterocycles. The van der Waals surface area contributed by atoms with Crippen LogP contribution in [0.4, 0.5) is 0 Å². The predicted octanol–water partition coefficient (Wildman–Crippen LogP) is 2.32. The highest BCUT2D eigenvalue weighted by atomic mass is 16.2. The molecule has 0 saturated carbocycles. The number of hydrogen-bond donors (Lipinski definition) is 1. The lowest BCUT2D eigenvalue weighted by molar-refractivity contribution is 0.0960. The first kappa shape index (κ1) is 9.16. The Morgan fingerprint density at radius 3 is 2.69 bits per heavy atom. The van der Waals surface area contributed by atoms with Gasteiger partial charge in [0.25, 0.3) is 5.91 Å². The molecular weight excluding hydrogens is 198 g/mol. The maximum Gasteiger partial charge on any atom is 0.252 e. The topological polar surface area (TPSA) is 29.1 Å². The lowest BCUT2D eigenvalue weighted by Crippen LogP contribution is -2.19. The largest absolute Gasteiger partial charge is 0.341 e. The van der Waals surface area contributed by atoms with Crippen LogP contribution >= 0.6 is 0 Å². The van der Waals surface area contributed by atoms with Gasteiger partial charge in [-0.2, -0.15) is 0 Å². The van der Waals surface area contributed by atoms with E-state index in [9.17, 15) is 4.79 Å². The van der Waals surface area contributed by atoms with Gasteiger partial charge >= 0.3 is 0 Å². The zero-order valence-corrected chi connectivity index (χ0v) is 8.60. The van der Waals surface area contributed by atoms with Gasteiger partial charge in [0, 0.05) is 5.56 Å². The molecule has 16 heavy (non-hydrogen) atoms. The number of benzene rings is 2. The zero-order chi connectivity index (χ0) is 11.0. The molecule has 0 saturated heterocycles. The van der Waals surface area contributed by atoms with Crippen LogP contribution in [0.1, 0.15) is 27.5 Å². The van der Waals surface area contributed by atoms with Crippen molar-refractivity contribution in [3.63, 3.8) is 0 Å². The summed E-state index contributed by atoms with van der Waals surface area (Å²) in [6, 6.07) is 18.5. The van der Waals surface area contributed by atoms with E-state index in [1.165, 1.54) is 0 Å². The van der Waals surface area contributed by atoms with Gasteiger partial charge in [-0.25, -0.2) is 0 Å². The second-order valence-electron chi connectivity index (χ2n) is 3.81. The Bertz CT molecular complexity index is 533. The van der Waals surface area contributed by atoms with E-state index in [-0.39, 0.29) is 11.9 Å². The van der Waals surface area contributed by atoms with Crippen molar-refractivity contribution in [3.8, 4) is 0 Å². The molecule has 1 amide bonds. The SMILES string of the molecule is O=C1NC(c2[c]cccc2)c2ccccc21. The number of rotatable bonds is 1. The molecule has 0 spiro atoms. The molecule has 2 heteroatoms. The molecular formula is C14H10NO. The molecule has 1 aliphatic heterocycles. The fourth-order valence-electron chi connectivity index (χ4n) is 2.07. The Balaban J connectivity index is 2.11. The monoisotopic (exact) mass is 208 g/mol. The fraction of sp³-hybridized carbons (Fsp3) is 0.0714. The van der Waals surface area contributed by atoms with Crippen molar-refractivity contribution in [3.05, 3.63) is 71.3 Å². The van der Waals surface area contributed by atoms with E-state index in [0.29, 0.717) is 0 Å². The number of carbonyl (C=O) groups excluding carboxylic acids is 1. The minimum atomic E-state index is -0.0510. The molecule has 2 aromatic rings. The summed E-state index contributed by atoms with van der Waals surface area (Å²) in [6.45, 7) is 0. The number of nitrogens with one attached hydrogen (secondary N) is 1. The summed E-state index contributed by atoms with van der Waals surface area (Å²) >= 11 is 0. The lowest BCUT2D eigenvalue weighted by Gasteiger charge is -2.11. The average molecular weight is 208 g/mol. The Hall–Kier alpha value is -2.09. The summed E-state index contributed by atoms with van der Waals surface area (Å²) in [5.74, 6) is -0.00199. The van der Waals surface area contributed by atoms with Crippen LogP contribution < -0.4 is 5.32 Å². The van der Waals surface area contributed by atoms with Gasteiger partial charge in [-0.05, 0) is 23.3 Å². The fourth-order valence-corrected chi connectivity index (χ4v) is 2.07. The summed E-state index contributed by atoms with van der Waals surface area (Å²) in [6.07, 6.45) is 0. The van der Waals surface area contributed by atoms with Crippen molar-refractivity contribution in [1.29, 1.82) is 0 Å². The average Bonchev–Trinajstić information content (AvgIpc) is 2.69. The van der Waals surface area contributed by atoms with Crippen LogP contribution in [0.3, 0.4) is 0 Å². The number of carbonyl (C=O) groups is 1. The van der Waals surface area contributed by atoms with Gasteiger partial charge in [-0.1, -0.05) is 42.5 Å². The summed E-state index contributed by atoms with van der Waals surface area (Å²) in [4.78, 5) is 11.7. The molecule has 2 aromatic carbocycles. The van der Waals surface area contributed by atoms with Crippen molar-refractivity contribution in [1.82, 2.24) is 5.32 Å². The van der Waals surface area contributed by atoms with Crippen molar-refractivity contribution in [2.45, 2.75) is 6.04 Å². The van der Waals surface area contributed by atoms with E-state index in [1.807, 2.05) is 48.5 Å². The lowest BCUT2D eigenvalue weighted by atomic mass is 9.99. The third-order valence-corrected chi connectivity index (χ3v) is 2.84. The molecule has 1 atom stereocenters. The van der Waals surface area contributed by atoms with Crippen molar-refractivity contribution < 1.29 is 4.79 Å².